The largest absolute Gasteiger partial charge is 0.480 e. The average molecular weight is 410 g/mol. The average Bonchev–Trinajstić information content (AvgIpc) is 3.42. The summed E-state index contributed by atoms with van der Waals surface area (Å²) in [5.41, 5.74) is 2.40. The van der Waals surface area contributed by atoms with Gasteiger partial charge in [0.1, 0.15) is 17.7 Å². The van der Waals surface area contributed by atoms with E-state index in [1.807, 2.05) is 37.8 Å². The van der Waals surface area contributed by atoms with Gasteiger partial charge in [-0.3, -0.25) is 4.79 Å². The van der Waals surface area contributed by atoms with Crippen molar-refractivity contribution in [2.24, 2.45) is 18.9 Å². The molecule has 1 N–H and O–H groups in total. The highest BCUT2D eigenvalue weighted by Crippen LogP contribution is 2.40. The maximum absolute atomic E-state index is 12.5. The molecule has 0 unspecified atom stereocenters. The van der Waals surface area contributed by atoms with Gasteiger partial charge in [-0.25, -0.2) is 15.0 Å². The van der Waals surface area contributed by atoms with Crippen LogP contribution >= 0.6 is 0 Å². The van der Waals surface area contributed by atoms with Gasteiger partial charge in [-0.1, -0.05) is 0 Å². The highest BCUT2D eigenvalue weighted by Gasteiger charge is 2.43. The van der Waals surface area contributed by atoms with E-state index >= 15 is 0 Å². The standard InChI is InChI=1S/C21H26N6O3/c1-26(2)10-13-6-14(13)19(28)25-17-8-12-7-15(27(3)16(12)9-22-17)18-20(29-4)23-11-24-21(18)30-5/h7-9,11,13-14H,6,10H2,1-5H3,(H,22,25,28)/t13-,14+/m0/s1. The maximum atomic E-state index is 12.5. The Kier molecular flexibility index (Phi) is 5.29. The first-order chi connectivity index (χ1) is 14.4. The van der Waals surface area contributed by atoms with E-state index in [0.29, 0.717) is 29.1 Å². The molecule has 158 valence electrons. The minimum absolute atomic E-state index is 0.0321. The second-order valence-corrected chi connectivity index (χ2v) is 7.84. The van der Waals surface area contributed by atoms with Crippen LogP contribution in [0.2, 0.25) is 0 Å². The smallest absolute Gasteiger partial charge is 0.229 e. The number of pyridine rings is 1. The number of aromatic nitrogens is 4. The van der Waals surface area contributed by atoms with Crippen LogP contribution in [0.1, 0.15) is 6.42 Å². The zero-order valence-corrected chi connectivity index (χ0v) is 17.8. The SMILES string of the molecule is COc1ncnc(OC)c1-c1cc2cc(NC(=O)[C@@H]3C[C@H]3CN(C)C)ncc2n1C. The minimum Gasteiger partial charge on any atom is -0.480 e. The molecular weight excluding hydrogens is 384 g/mol. The molecule has 2 atom stereocenters. The summed E-state index contributed by atoms with van der Waals surface area (Å²) in [4.78, 5) is 27.5. The third-order valence-electron chi connectivity index (χ3n) is 5.46. The lowest BCUT2D eigenvalue weighted by Gasteiger charge is -2.11. The van der Waals surface area contributed by atoms with E-state index in [-0.39, 0.29) is 11.8 Å². The molecule has 0 aliphatic heterocycles. The van der Waals surface area contributed by atoms with Gasteiger partial charge in [0.15, 0.2) is 0 Å². The van der Waals surface area contributed by atoms with Crippen molar-refractivity contribution in [2.45, 2.75) is 6.42 Å². The zero-order chi connectivity index (χ0) is 21.4. The van der Waals surface area contributed by atoms with E-state index in [0.717, 1.165) is 29.6 Å². The number of nitrogens with one attached hydrogen (secondary N) is 1. The van der Waals surface area contributed by atoms with Gasteiger partial charge < -0.3 is 24.3 Å². The molecule has 30 heavy (non-hydrogen) atoms. The lowest BCUT2D eigenvalue weighted by Crippen LogP contribution is -2.20. The van der Waals surface area contributed by atoms with E-state index in [4.69, 9.17) is 9.47 Å². The first-order valence-electron chi connectivity index (χ1n) is 9.77. The summed E-state index contributed by atoms with van der Waals surface area (Å²) in [7, 11) is 9.10. The summed E-state index contributed by atoms with van der Waals surface area (Å²) in [6.45, 7) is 0.926. The number of methoxy groups -OCH3 is 2. The van der Waals surface area contributed by atoms with Gasteiger partial charge in [0.25, 0.3) is 0 Å². The number of hydrogen-bond acceptors (Lipinski definition) is 7. The van der Waals surface area contributed by atoms with Crippen LogP contribution in [-0.4, -0.2) is 65.2 Å². The number of hydrogen-bond donors (Lipinski definition) is 1. The van der Waals surface area contributed by atoms with Gasteiger partial charge in [-0.05, 0) is 38.6 Å². The molecule has 0 radical (unpaired) electrons. The normalized spacial score (nSPS) is 17.9. The fourth-order valence-electron chi connectivity index (χ4n) is 3.88. The Labute approximate surface area is 175 Å². The van der Waals surface area contributed by atoms with Gasteiger partial charge in [0.2, 0.25) is 17.7 Å². The summed E-state index contributed by atoms with van der Waals surface area (Å²) in [5.74, 6) is 1.91. The predicted molar refractivity (Wildman–Crippen MR) is 114 cm³/mol. The molecule has 3 aromatic heterocycles. The van der Waals surface area contributed by atoms with Crippen LogP contribution in [0.15, 0.2) is 24.7 Å². The van der Waals surface area contributed by atoms with Gasteiger partial charge in [-0.15, -0.1) is 0 Å². The Morgan fingerprint density at radius 2 is 1.90 bits per heavy atom. The van der Waals surface area contributed by atoms with Crippen LogP contribution in [0.4, 0.5) is 5.82 Å². The second kappa shape index (κ2) is 7.91. The van der Waals surface area contributed by atoms with Crippen LogP contribution in [0, 0.1) is 11.8 Å². The predicted octanol–water partition coefficient (Wildman–Crippen LogP) is 2.18. The molecule has 0 aromatic carbocycles. The molecule has 3 aromatic rings. The van der Waals surface area contributed by atoms with Crippen molar-refractivity contribution in [1.82, 2.24) is 24.4 Å². The maximum Gasteiger partial charge on any atom is 0.229 e. The highest BCUT2D eigenvalue weighted by molar-refractivity contribution is 5.96. The van der Waals surface area contributed by atoms with Crippen molar-refractivity contribution in [3.05, 3.63) is 24.7 Å². The molecule has 3 heterocycles. The van der Waals surface area contributed by atoms with Crippen molar-refractivity contribution < 1.29 is 14.3 Å². The molecule has 1 amide bonds. The summed E-state index contributed by atoms with van der Waals surface area (Å²) in [6, 6.07) is 3.87. The minimum atomic E-state index is 0.0321. The topological polar surface area (TPSA) is 94.4 Å². The van der Waals surface area contributed by atoms with Crippen LogP contribution in [-0.2, 0) is 11.8 Å². The number of ether oxygens (including phenoxy) is 2. The third kappa shape index (κ3) is 3.68. The Hall–Kier alpha value is -3.20. The van der Waals surface area contributed by atoms with Crippen molar-refractivity contribution in [1.29, 1.82) is 0 Å². The van der Waals surface area contributed by atoms with Crippen LogP contribution < -0.4 is 14.8 Å². The van der Waals surface area contributed by atoms with E-state index in [2.05, 4.69) is 25.2 Å². The quantitative estimate of drug-likeness (QED) is 0.638. The fourth-order valence-corrected chi connectivity index (χ4v) is 3.88. The van der Waals surface area contributed by atoms with Gasteiger partial charge >= 0.3 is 0 Å². The summed E-state index contributed by atoms with van der Waals surface area (Å²) >= 11 is 0. The van der Waals surface area contributed by atoms with E-state index in [9.17, 15) is 4.79 Å². The Bertz CT molecular complexity index is 1070. The van der Waals surface area contributed by atoms with Crippen LogP contribution in [0.5, 0.6) is 11.8 Å². The molecule has 1 saturated carbocycles. The lowest BCUT2D eigenvalue weighted by molar-refractivity contribution is -0.117. The number of carbonyl (C=O) groups excluding carboxylic acids is 1. The number of fused-ring (bicyclic) bond motifs is 1. The molecule has 1 aliphatic rings. The van der Waals surface area contributed by atoms with Crippen molar-refractivity contribution in [2.75, 3.05) is 40.2 Å². The number of nitrogens with zero attached hydrogens (tertiary/aromatic N) is 5. The summed E-state index contributed by atoms with van der Waals surface area (Å²) < 4.78 is 12.8. The van der Waals surface area contributed by atoms with E-state index in [1.54, 1.807) is 20.4 Å². The van der Waals surface area contributed by atoms with Gasteiger partial charge in [-0.2, -0.15) is 0 Å². The fraction of sp³-hybridized carbons (Fsp3) is 0.429. The Morgan fingerprint density at radius 1 is 1.20 bits per heavy atom. The third-order valence-corrected chi connectivity index (χ3v) is 5.46. The number of rotatable bonds is 7. The summed E-state index contributed by atoms with van der Waals surface area (Å²) in [5, 5.41) is 3.90. The van der Waals surface area contributed by atoms with Crippen molar-refractivity contribution in [3.63, 3.8) is 0 Å². The van der Waals surface area contributed by atoms with E-state index in [1.165, 1.54) is 6.33 Å². The Balaban J connectivity index is 1.63. The van der Waals surface area contributed by atoms with Gasteiger partial charge in [0, 0.05) is 24.9 Å². The molecule has 0 bridgehead atoms. The molecule has 9 nitrogen and oxygen atoms in total. The zero-order valence-electron chi connectivity index (χ0n) is 17.8. The first kappa shape index (κ1) is 20.1. The molecule has 4 rings (SSSR count). The van der Waals surface area contributed by atoms with Crippen LogP contribution in [0.25, 0.3) is 22.2 Å². The number of amides is 1. The molecule has 9 heteroatoms. The summed E-state index contributed by atoms with van der Waals surface area (Å²) in [6.07, 6.45) is 4.08. The molecule has 1 fully saturated rings. The van der Waals surface area contributed by atoms with Crippen molar-refractivity contribution in [3.8, 4) is 23.0 Å². The van der Waals surface area contributed by atoms with Crippen LogP contribution in [0.3, 0.4) is 0 Å². The number of carbonyl (C=O) groups is 1. The number of aryl methyl sites for hydroxylation is 1. The molecule has 1 aliphatic carbocycles. The van der Waals surface area contributed by atoms with E-state index < -0.39 is 0 Å². The van der Waals surface area contributed by atoms with Gasteiger partial charge in [0.05, 0.1) is 31.6 Å². The molecular formula is C21H26N6O3. The molecule has 0 saturated heterocycles. The molecule has 0 spiro atoms. The number of anilines is 1. The second-order valence-electron chi connectivity index (χ2n) is 7.84. The first-order valence-corrected chi connectivity index (χ1v) is 9.77. The Morgan fingerprint density at radius 3 is 2.53 bits per heavy atom. The highest BCUT2D eigenvalue weighted by atomic mass is 16.5. The monoisotopic (exact) mass is 410 g/mol. The van der Waals surface area contributed by atoms with Crippen molar-refractivity contribution >= 4 is 22.6 Å². The lowest BCUT2D eigenvalue weighted by atomic mass is 10.2.